The topological polar surface area (TPSA) is 81.1 Å². The highest BCUT2D eigenvalue weighted by Gasteiger charge is 2.07. The Balaban J connectivity index is 2.68. The third kappa shape index (κ3) is 3.66. The number of hydrogen-bond donors (Lipinski definition) is 3. The molecule has 0 aromatic heterocycles. The molecule has 0 aliphatic carbocycles. The van der Waals surface area contributed by atoms with E-state index < -0.39 is 5.91 Å². The molecule has 5 heteroatoms. The summed E-state index contributed by atoms with van der Waals surface area (Å²) in [4.78, 5) is 11.2. The molecule has 4 nitrogen and oxygen atoms in total. The van der Waals surface area contributed by atoms with E-state index in [2.05, 4.69) is 11.6 Å². The van der Waals surface area contributed by atoms with Crippen LogP contribution in [-0.2, 0) is 0 Å². The van der Waals surface area contributed by atoms with Crippen LogP contribution in [0.15, 0.2) is 18.2 Å². The van der Waals surface area contributed by atoms with Crippen LogP contribution in [0.4, 0.5) is 11.4 Å². The average Bonchev–Trinajstić information content (AvgIpc) is 2.24. The molecule has 0 aliphatic rings. The summed E-state index contributed by atoms with van der Waals surface area (Å²) in [5.41, 5.74) is 12.8. The minimum atomic E-state index is -0.438. The molecule has 0 radical (unpaired) electrons. The van der Waals surface area contributed by atoms with E-state index in [0.717, 1.165) is 18.7 Å². The first kappa shape index (κ1) is 12.7. The zero-order valence-electron chi connectivity index (χ0n) is 9.32. The van der Waals surface area contributed by atoms with Gasteiger partial charge in [-0.1, -0.05) is 0 Å². The van der Waals surface area contributed by atoms with Crippen molar-refractivity contribution in [1.82, 2.24) is 0 Å². The molecule has 0 spiro atoms. The highest BCUT2D eigenvalue weighted by atomic mass is 32.2. The lowest BCUT2D eigenvalue weighted by Gasteiger charge is -2.10. The van der Waals surface area contributed by atoms with Gasteiger partial charge in [0.25, 0.3) is 5.91 Å². The normalized spacial score (nSPS) is 10.1. The van der Waals surface area contributed by atoms with Crippen LogP contribution in [0.25, 0.3) is 0 Å². The number of carbonyl (C=O) groups excluding carboxylic acids is 1. The SMILES string of the molecule is CSCCCNc1cc(N)ccc1C(N)=O. The third-order valence-corrected chi connectivity index (χ3v) is 2.85. The van der Waals surface area contributed by atoms with Crippen LogP contribution in [0.5, 0.6) is 0 Å². The molecule has 1 aromatic rings. The summed E-state index contributed by atoms with van der Waals surface area (Å²) in [7, 11) is 0. The quantitative estimate of drug-likeness (QED) is 0.519. The number of nitrogens with one attached hydrogen (secondary N) is 1. The number of nitrogens with two attached hydrogens (primary N) is 2. The van der Waals surface area contributed by atoms with Crippen LogP contribution in [0.1, 0.15) is 16.8 Å². The van der Waals surface area contributed by atoms with Crippen molar-refractivity contribution in [2.75, 3.05) is 29.6 Å². The van der Waals surface area contributed by atoms with Gasteiger partial charge in [0.1, 0.15) is 0 Å². The van der Waals surface area contributed by atoms with Crippen LogP contribution in [0.3, 0.4) is 0 Å². The van der Waals surface area contributed by atoms with Crippen LogP contribution in [0.2, 0.25) is 0 Å². The Morgan fingerprint density at radius 3 is 2.88 bits per heavy atom. The smallest absolute Gasteiger partial charge is 0.250 e. The van der Waals surface area contributed by atoms with Gasteiger partial charge >= 0.3 is 0 Å². The number of anilines is 2. The zero-order chi connectivity index (χ0) is 12.0. The van der Waals surface area contributed by atoms with Crippen molar-refractivity contribution in [2.24, 2.45) is 5.73 Å². The maximum absolute atomic E-state index is 11.2. The lowest BCUT2D eigenvalue weighted by atomic mass is 10.1. The zero-order valence-corrected chi connectivity index (χ0v) is 10.1. The van der Waals surface area contributed by atoms with Gasteiger partial charge in [-0.2, -0.15) is 11.8 Å². The molecule has 0 unspecified atom stereocenters. The lowest BCUT2D eigenvalue weighted by molar-refractivity contribution is 0.100. The van der Waals surface area contributed by atoms with Crippen LogP contribution in [0, 0.1) is 0 Å². The van der Waals surface area contributed by atoms with Gasteiger partial charge in [0.05, 0.1) is 5.56 Å². The highest BCUT2D eigenvalue weighted by molar-refractivity contribution is 7.98. The molecule has 0 atom stereocenters. The number of nitrogen functional groups attached to an aromatic ring is 1. The number of primary amides is 1. The maximum Gasteiger partial charge on any atom is 0.250 e. The van der Waals surface area contributed by atoms with E-state index in [1.165, 1.54) is 0 Å². The Labute approximate surface area is 99.8 Å². The molecule has 0 bridgehead atoms. The number of benzene rings is 1. The first-order valence-electron chi connectivity index (χ1n) is 5.07. The number of rotatable bonds is 6. The molecule has 0 fully saturated rings. The van der Waals surface area contributed by atoms with Crippen LogP contribution < -0.4 is 16.8 Å². The van der Waals surface area contributed by atoms with E-state index in [1.54, 1.807) is 30.0 Å². The average molecular weight is 239 g/mol. The van der Waals surface area contributed by atoms with E-state index in [9.17, 15) is 4.79 Å². The van der Waals surface area contributed by atoms with Crippen LogP contribution >= 0.6 is 11.8 Å². The first-order valence-corrected chi connectivity index (χ1v) is 6.46. The van der Waals surface area contributed by atoms with Crippen molar-refractivity contribution in [3.05, 3.63) is 23.8 Å². The number of carbonyl (C=O) groups is 1. The summed E-state index contributed by atoms with van der Waals surface area (Å²) in [6.07, 6.45) is 3.10. The fourth-order valence-electron chi connectivity index (χ4n) is 1.36. The van der Waals surface area contributed by atoms with Crippen molar-refractivity contribution in [3.8, 4) is 0 Å². The van der Waals surface area contributed by atoms with Gasteiger partial charge in [0.15, 0.2) is 0 Å². The highest BCUT2D eigenvalue weighted by Crippen LogP contribution is 2.18. The first-order chi connectivity index (χ1) is 7.65. The van der Waals surface area contributed by atoms with Gasteiger partial charge in [0.2, 0.25) is 0 Å². The second kappa shape index (κ2) is 6.27. The monoisotopic (exact) mass is 239 g/mol. The van der Waals surface area contributed by atoms with Crippen molar-refractivity contribution >= 4 is 29.0 Å². The molecule has 5 N–H and O–H groups in total. The second-order valence-electron chi connectivity index (χ2n) is 3.44. The fourth-order valence-corrected chi connectivity index (χ4v) is 1.80. The minimum Gasteiger partial charge on any atom is -0.399 e. The van der Waals surface area contributed by atoms with Crippen molar-refractivity contribution in [3.63, 3.8) is 0 Å². The Hall–Kier alpha value is -1.36. The van der Waals surface area contributed by atoms with Gasteiger partial charge in [-0.25, -0.2) is 0 Å². The molecule has 16 heavy (non-hydrogen) atoms. The molecule has 0 saturated heterocycles. The molecule has 0 saturated carbocycles. The summed E-state index contributed by atoms with van der Waals surface area (Å²) in [6.45, 7) is 0.810. The second-order valence-corrected chi connectivity index (χ2v) is 4.43. The predicted molar refractivity (Wildman–Crippen MR) is 70.9 cm³/mol. The molecular formula is C11H17N3OS. The molecular weight excluding hydrogens is 222 g/mol. The molecule has 1 aromatic carbocycles. The predicted octanol–water partition coefficient (Wildman–Crippen LogP) is 1.53. The third-order valence-electron chi connectivity index (χ3n) is 2.15. The minimum absolute atomic E-state index is 0.438. The summed E-state index contributed by atoms with van der Waals surface area (Å²) >= 11 is 1.79. The Kier molecular flexibility index (Phi) is 4.98. The van der Waals surface area contributed by atoms with Gasteiger partial charge < -0.3 is 16.8 Å². The number of amides is 1. The summed E-state index contributed by atoms with van der Waals surface area (Å²) in [5.74, 6) is 0.647. The van der Waals surface area contributed by atoms with E-state index in [4.69, 9.17) is 11.5 Å². The Bertz CT molecular complexity index is 368. The summed E-state index contributed by atoms with van der Waals surface area (Å²) < 4.78 is 0. The molecule has 88 valence electrons. The lowest BCUT2D eigenvalue weighted by Crippen LogP contribution is -2.15. The van der Waals surface area contributed by atoms with Crippen molar-refractivity contribution < 1.29 is 4.79 Å². The molecule has 1 rings (SSSR count). The van der Waals surface area contributed by atoms with Gasteiger partial charge in [-0.05, 0) is 36.6 Å². The van der Waals surface area contributed by atoms with E-state index in [1.807, 2.05) is 0 Å². The largest absolute Gasteiger partial charge is 0.399 e. The Morgan fingerprint density at radius 2 is 2.25 bits per heavy atom. The Morgan fingerprint density at radius 1 is 1.50 bits per heavy atom. The number of hydrogen-bond acceptors (Lipinski definition) is 4. The number of thioether (sulfide) groups is 1. The van der Waals surface area contributed by atoms with E-state index >= 15 is 0 Å². The molecule has 0 heterocycles. The standard InChI is InChI=1S/C11H17N3OS/c1-16-6-2-5-14-10-7-8(12)3-4-9(10)11(13)15/h3-4,7,14H,2,5-6,12H2,1H3,(H2,13,15). The van der Waals surface area contributed by atoms with Crippen LogP contribution in [-0.4, -0.2) is 24.5 Å². The molecule has 1 amide bonds. The fraction of sp³-hybridized carbons (Fsp3) is 0.364. The maximum atomic E-state index is 11.2. The van der Waals surface area contributed by atoms with E-state index in [-0.39, 0.29) is 0 Å². The van der Waals surface area contributed by atoms with Crippen molar-refractivity contribution in [1.29, 1.82) is 0 Å². The summed E-state index contributed by atoms with van der Waals surface area (Å²) in [5, 5.41) is 3.18. The van der Waals surface area contributed by atoms with Gasteiger partial charge in [0, 0.05) is 17.9 Å². The molecule has 0 aliphatic heterocycles. The van der Waals surface area contributed by atoms with E-state index in [0.29, 0.717) is 16.9 Å². The van der Waals surface area contributed by atoms with Gasteiger partial charge in [-0.3, -0.25) is 4.79 Å². The van der Waals surface area contributed by atoms with Gasteiger partial charge in [-0.15, -0.1) is 0 Å². The summed E-state index contributed by atoms with van der Waals surface area (Å²) in [6, 6.07) is 5.06. The van der Waals surface area contributed by atoms with Crippen molar-refractivity contribution in [2.45, 2.75) is 6.42 Å².